The first kappa shape index (κ1) is 28.4. The highest BCUT2D eigenvalue weighted by Crippen LogP contribution is 2.37. The molecule has 6 N–H and O–H groups in total. The molecule has 0 unspecified atom stereocenters. The van der Waals surface area contributed by atoms with E-state index in [1.54, 1.807) is 13.8 Å². The number of hydrogen-bond donors (Lipinski definition) is 6. The predicted octanol–water partition coefficient (Wildman–Crippen LogP) is 0.713. The Morgan fingerprint density at radius 1 is 0.688 bits per heavy atom. The smallest absolute Gasteiger partial charge is 0.407 e. The summed E-state index contributed by atoms with van der Waals surface area (Å²) in [5, 5.41) is 43.7. The van der Waals surface area contributed by atoms with Crippen LogP contribution >= 0.6 is 0 Å². The number of carbonyl (C=O) groups is 2. The molecule has 0 aliphatic heterocycles. The van der Waals surface area contributed by atoms with Crippen molar-refractivity contribution in [3.63, 3.8) is 0 Å². The molecule has 10 atom stereocenters. The summed E-state index contributed by atoms with van der Waals surface area (Å²) < 4.78 is 9.55. The van der Waals surface area contributed by atoms with Gasteiger partial charge in [-0.3, -0.25) is 0 Å². The van der Waals surface area contributed by atoms with Gasteiger partial charge in [-0.2, -0.15) is 0 Å². The summed E-state index contributed by atoms with van der Waals surface area (Å²) in [4.78, 5) is 22.6. The zero-order valence-corrected chi connectivity index (χ0v) is 20.0. The van der Waals surface area contributed by atoms with Crippen LogP contribution in [-0.4, -0.2) is 83.3 Å². The molecule has 0 radical (unpaired) electrons. The summed E-state index contributed by atoms with van der Waals surface area (Å²) >= 11 is 0. The molecule has 0 aromatic rings. The number of amides is 2. The number of nitrogens with one attached hydrogen (secondary N) is 2. The lowest BCUT2D eigenvalue weighted by Gasteiger charge is -2.22. The minimum Gasteiger partial charge on any atom is -0.450 e. The molecule has 0 saturated heterocycles. The Labute approximate surface area is 190 Å². The lowest BCUT2D eigenvalue weighted by Crippen LogP contribution is -2.46. The summed E-state index contributed by atoms with van der Waals surface area (Å²) in [7, 11) is 0. The van der Waals surface area contributed by atoms with E-state index in [4.69, 9.17) is 9.47 Å². The van der Waals surface area contributed by atoms with Gasteiger partial charge < -0.3 is 40.5 Å². The zero-order valence-electron chi connectivity index (χ0n) is 20.0. The van der Waals surface area contributed by atoms with Crippen LogP contribution in [-0.2, 0) is 9.47 Å². The number of ether oxygens (including phenoxy) is 2. The van der Waals surface area contributed by atoms with Crippen LogP contribution in [0.3, 0.4) is 0 Å². The van der Waals surface area contributed by atoms with Crippen LogP contribution in [0, 0.1) is 35.5 Å². The lowest BCUT2D eigenvalue weighted by molar-refractivity contribution is 0.0583. The van der Waals surface area contributed by atoms with Crippen molar-refractivity contribution in [2.45, 2.75) is 65.8 Å². The molecule has 0 spiro atoms. The van der Waals surface area contributed by atoms with Crippen LogP contribution in [0.1, 0.15) is 41.5 Å². The largest absolute Gasteiger partial charge is 0.450 e. The Balaban J connectivity index is 0.000000320. The van der Waals surface area contributed by atoms with Gasteiger partial charge in [-0.15, -0.1) is 0 Å². The normalized spacial score (nSPS) is 38.4. The van der Waals surface area contributed by atoms with E-state index in [0.29, 0.717) is 13.2 Å². The highest BCUT2D eigenvalue weighted by Gasteiger charge is 2.47. The number of aliphatic hydroxyl groups is 4. The van der Waals surface area contributed by atoms with E-state index in [2.05, 4.69) is 10.6 Å². The van der Waals surface area contributed by atoms with Crippen LogP contribution in [0.2, 0.25) is 0 Å². The Kier molecular flexibility index (Phi) is 11.7. The Morgan fingerprint density at radius 2 is 1.12 bits per heavy atom. The van der Waals surface area contributed by atoms with E-state index < -0.39 is 30.4 Å². The summed E-state index contributed by atoms with van der Waals surface area (Å²) in [5.41, 5.74) is 0. The fourth-order valence-electron chi connectivity index (χ4n) is 4.79. The summed E-state index contributed by atoms with van der Waals surface area (Å²) in [6.45, 7) is 11.8. The maximum atomic E-state index is 11.3. The van der Waals surface area contributed by atoms with Crippen LogP contribution in [0.4, 0.5) is 9.59 Å². The van der Waals surface area contributed by atoms with Crippen LogP contribution in [0.25, 0.3) is 0 Å². The molecule has 2 amide bonds. The molecule has 0 heterocycles. The van der Waals surface area contributed by atoms with Crippen molar-refractivity contribution in [3.8, 4) is 0 Å². The van der Waals surface area contributed by atoms with Gasteiger partial charge in [0.2, 0.25) is 0 Å². The molecule has 0 aromatic carbocycles. The number of alkyl carbamates (subject to hydrolysis) is 2. The Hall–Kier alpha value is -1.62. The standard InChI is InChI=1S/2C11H21NO4/c1-4-16-11(15)12-9-8(5-13)6(2)7(3)10(9)14;1-4-16-11(15)12-9-7(3)6(2)8(5-13)10(9)14/h2*6-10,13-14H,4-5H2,1-3H3,(H,12,15)/t6-,7-,8+,9-,10+;6-,7-,8+,9+,10-/m00/s1. The van der Waals surface area contributed by atoms with Crippen molar-refractivity contribution < 1.29 is 39.5 Å². The molecule has 2 fully saturated rings. The third-order valence-corrected chi connectivity index (χ3v) is 7.29. The van der Waals surface area contributed by atoms with Crippen LogP contribution in [0.15, 0.2) is 0 Å². The molecule has 32 heavy (non-hydrogen) atoms. The highest BCUT2D eigenvalue weighted by atomic mass is 16.6. The van der Waals surface area contributed by atoms with Crippen molar-refractivity contribution >= 4 is 12.2 Å². The van der Waals surface area contributed by atoms with E-state index in [1.807, 2.05) is 27.7 Å². The third kappa shape index (κ3) is 6.69. The second-order valence-electron chi connectivity index (χ2n) is 8.89. The monoisotopic (exact) mass is 462 g/mol. The molecule has 2 rings (SSSR count). The molecule has 2 saturated carbocycles. The summed E-state index contributed by atoms with van der Waals surface area (Å²) in [6.07, 6.45) is -2.38. The Morgan fingerprint density at radius 3 is 1.53 bits per heavy atom. The number of hydrogen-bond acceptors (Lipinski definition) is 8. The molecule has 10 nitrogen and oxygen atoms in total. The minimum absolute atomic E-state index is 0.0420. The first-order chi connectivity index (χ1) is 15.0. The van der Waals surface area contributed by atoms with Crippen molar-refractivity contribution in [2.75, 3.05) is 26.4 Å². The van der Waals surface area contributed by atoms with E-state index >= 15 is 0 Å². The third-order valence-electron chi connectivity index (χ3n) is 7.29. The minimum atomic E-state index is -0.709. The zero-order chi connectivity index (χ0) is 24.6. The van der Waals surface area contributed by atoms with E-state index in [0.717, 1.165) is 0 Å². The molecule has 2 aliphatic rings. The van der Waals surface area contributed by atoms with Gasteiger partial charge in [-0.25, -0.2) is 9.59 Å². The molecular weight excluding hydrogens is 420 g/mol. The maximum absolute atomic E-state index is 11.3. The first-order valence-corrected chi connectivity index (χ1v) is 11.5. The fraction of sp³-hybridized carbons (Fsp3) is 0.909. The average molecular weight is 463 g/mol. The average Bonchev–Trinajstić information content (AvgIpc) is 3.07. The van der Waals surface area contributed by atoms with Gasteiger partial charge in [-0.1, -0.05) is 27.7 Å². The number of aliphatic hydroxyl groups excluding tert-OH is 4. The molecule has 0 bridgehead atoms. The van der Waals surface area contributed by atoms with Gasteiger partial charge in [0.15, 0.2) is 0 Å². The summed E-state index contributed by atoms with van der Waals surface area (Å²) in [6, 6.07) is -0.764. The fourth-order valence-corrected chi connectivity index (χ4v) is 4.79. The van der Waals surface area contributed by atoms with Crippen LogP contribution < -0.4 is 10.6 Å². The van der Waals surface area contributed by atoms with Gasteiger partial charge in [-0.05, 0) is 37.5 Å². The highest BCUT2D eigenvalue weighted by molar-refractivity contribution is 5.68. The summed E-state index contributed by atoms with van der Waals surface area (Å²) in [5.74, 6) is 0.232. The van der Waals surface area contributed by atoms with E-state index in [-0.39, 0.29) is 54.8 Å². The van der Waals surface area contributed by atoms with Crippen molar-refractivity contribution in [3.05, 3.63) is 0 Å². The topological polar surface area (TPSA) is 158 Å². The van der Waals surface area contributed by atoms with Crippen molar-refractivity contribution in [1.29, 1.82) is 0 Å². The van der Waals surface area contributed by atoms with Gasteiger partial charge in [0.25, 0.3) is 0 Å². The molecule has 188 valence electrons. The lowest BCUT2D eigenvalue weighted by atomic mass is 9.92. The first-order valence-electron chi connectivity index (χ1n) is 11.5. The van der Waals surface area contributed by atoms with Gasteiger partial charge >= 0.3 is 12.2 Å². The van der Waals surface area contributed by atoms with Gasteiger partial charge in [0.1, 0.15) is 0 Å². The number of rotatable bonds is 6. The van der Waals surface area contributed by atoms with Crippen LogP contribution in [0.5, 0.6) is 0 Å². The van der Waals surface area contributed by atoms with E-state index in [1.165, 1.54) is 0 Å². The second-order valence-corrected chi connectivity index (χ2v) is 8.89. The van der Waals surface area contributed by atoms with Gasteiger partial charge in [0.05, 0.1) is 37.5 Å². The maximum Gasteiger partial charge on any atom is 0.407 e. The van der Waals surface area contributed by atoms with Crippen molar-refractivity contribution in [1.82, 2.24) is 10.6 Å². The molecular formula is C22H42N2O8. The predicted molar refractivity (Wildman–Crippen MR) is 118 cm³/mol. The quantitative estimate of drug-likeness (QED) is 0.337. The second kappa shape index (κ2) is 13.2. The SMILES string of the molecule is CCOC(=O)N[C@@H]1[C@@H](C)[C@H](C)[C@@H](CO)[C@@H]1O.CCOC(=O)N[C@@H]1[C@H](O)[C@@H](C)[C@H](C)[C@H]1CO. The Bertz CT molecular complexity index is 592. The van der Waals surface area contributed by atoms with Gasteiger partial charge in [0, 0.05) is 25.0 Å². The number of carbonyl (C=O) groups excluding carboxylic acids is 2. The van der Waals surface area contributed by atoms with E-state index in [9.17, 15) is 30.0 Å². The molecule has 2 aliphatic carbocycles. The molecule has 0 aromatic heterocycles. The van der Waals surface area contributed by atoms with Crippen molar-refractivity contribution in [2.24, 2.45) is 35.5 Å². The molecule has 10 heteroatoms.